The Labute approximate surface area is 141 Å². The molecule has 2 aromatic heterocycles. The number of aromatic amines is 1. The van der Waals surface area contributed by atoms with Gasteiger partial charge in [-0.2, -0.15) is 0 Å². The van der Waals surface area contributed by atoms with Gasteiger partial charge in [-0.1, -0.05) is 28.1 Å². The number of halogens is 1. The molecule has 1 aliphatic heterocycles. The highest BCUT2D eigenvalue weighted by atomic mass is 79.9. The van der Waals surface area contributed by atoms with Gasteiger partial charge < -0.3 is 9.72 Å². The van der Waals surface area contributed by atoms with Crippen LogP contribution in [0.2, 0.25) is 0 Å². The van der Waals surface area contributed by atoms with Gasteiger partial charge in [-0.05, 0) is 30.3 Å². The molecule has 0 saturated carbocycles. The van der Waals surface area contributed by atoms with Gasteiger partial charge in [0.25, 0.3) is 0 Å². The normalized spacial score (nSPS) is 13.4. The second-order valence-corrected chi connectivity index (χ2v) is 6.69. The molecule has 5 rings (SSSR count). The van der Waals surface area contributed by atoms with E-state index in [-0.39, 0.29) is 0 Å². The lowest BCUT2D eigenvalue weighted by Gasteiger charge is -2.09. The van der Waals surface area contributed by atoms with Crippen LogP contribution in [0.3, 0.4) is 0 Å². The summed E-state index contributed by atoms with van der Waals surface area (Å²) in [6.07, 6.45) is 2.95. The number of H-pyrrole nitrogens is 1. The molecule has 4 heteroatoms. The first kappa shape index (κ1) is 13.1. The van der Waals surface area contributed by atoms with Crippen molar-refractivity contribution in [2.75, 3.05) is 6.61 Å². The third-order valence-electron chi connectivity index (χ3n) is 4.44. The number of ether oxygens (including phenoxy) is 1. The molecule has 0 atom stereocenters. The number of pyridine rings is 1. The summed E-state index contributed by atoms with van der Waals surface area (Å²) in [5, 5.41) is 2.28. The predicted molar refractivity (Wildman–Crippen MR) is 95.9 cm³/mol. The van der Waals surface area contributed by atoms with Crippen LogP contribution >= 0.6 is 15.9 Å². The van der Waals surface area contributed by atoms with Crippen molar-refractivity contribution in [1.82, 2.24) is 9.97 Å². The number of fused-ring (bicyclic) bond motifs is 4. The highest BCUT2D eigenvalue weighted by Crippen LogP contribution is 2.41. The first-order valence-electron chi connectivity index (χ1n) is 7.63. The van der Waals surface area contributed by atoms with Crippen LogP contribution in [0.1, 0.15) is 5.56 Å². The lowest BCUT2D eigenvalue weighted by molar-refractivity contribution is 0.360. The van der Waals surface area contributed by atoms with Crippen LogP contribution in [-0.2, 0) is 6.42 Å². The molecule has 3 heterocycles. The van der Waals surface area contributed by atoms with Crippen LogP contribution in [-0.4, -0.2) is 16.6 Å². The van der Waals surface area contributed by atoms with Crippen LogP contribution < -0.4 is 4.74 Å². The minimum Gasteiger partial charge on any atom is -0.492 e. The molecule has 3 nitrogen and oxygen atoms in total. The van der Waals surface area contributed by atoms with Crippen molar-refractivity contribution >= 4 is 37.7 Å². The largest absolute Gasteiger partial charge is 0.492 e. The third-order valence-corrected chi connectivity index (χ3v) is 4.93. The molecule has 1 aliphatic rings. The van der Waals surface area contributed by atoms with Crippen molar-refractivity contribution in [2.24, 2.45) is 0 Å². The maximum Gasteiger partial charge on any atom is 0.134 e. The van der Waals surface area contributed by atoms with Crippen LogP contribution in [0, 0.1) is 0 Å². The van der Waals surface area contributed by atoms with Crippen molar-refractivity contribution in [1.29, 1.82) is 0 Å². The van der Waals surface area contributed by atoms with Gasteiger partial charge in [0.05, 0.1) is 17.8 Å². The molecular weight excluding hydrogens is 352 g/mol. The van der Waals surface area contributed by atoms with Gasteiger partial charge >= 0.3 is 0 Å². The van der Waals surface area contributed by atoms with E-state index in [0.717, 1.165) is 50.9 Å². The summed E-state index contributed by atoms with van der Waals surface area (Å²) >= 11 is 3.57. The second kappa shape index (κ2) is 4.83. The van der Waals surface area contributed by atoms with Crippen LogP contribution in [0.4, 0.5) is 0 Å². The van der Waals surface area contributed by atoms with Crippen molar-refractivity contribution in [3.05, 3.63) is 58.7 Å². The standard InChI is InChI=1S/C19H13BrN2O/c20-11-5-6-16-14(9-11)15(10-21-16)18-13-7-8-23-19(13)12-3-1-2-4-17(12)22-18/h1-6,9-10,21H,7-8H2. The fourth-order valence-corrected chi connectivity index (χ4v) is 3.75. The summed E-state index contributed by atoms with van der Waals surface area (Å²) < 4.78 is 7.00. The molecular formula is C19H13BrN2O. The van der Waals surface area contributed by atoms with Gasteiger partial charge in [0.1, 0.15) is 5.75 Å². The van der Waals surface area contributed by atoms with Crippen LogP contribution in [0.5, 0.6) is 5.75 Å². The Hall–Kier alpha value is -2.33. The summed E-state index contributed by atoms with van der Waals surface area (Å²) in [4.78, 5) is 8.31. The van der Waals surface area contributed by atoms with Crippen molar-refractivity contribution in [2.45, 2.75) is 6.42 Å². The van der Waals surface area contributed by atoms with E-state index in [2.05, 4.69) is 39.1 Å². The predicted octanol–water partition coefficient (Wildman–Crippen LogP) is 5.08. The number of aromatic nitrogens is 2. The highest BCUT2D eigenvalue weighted by Gasteiger charge is 2.23. The van der Waals surface area contributed by atoms with Gasteiger partial charge in [0, 0.05) is 44.5 Å². The Morgan fingerprint density at radius 1 is 1.09 bits per heavy atom. The monoisotopic (exact) mass is 364 g/mol. The maximum atomic E-state index is 5.93. The van der Waals surface area contributed by atoms with E-state index in [0.29, 0.717) is 0 Å². The molecule has 0 fully saturated rings. The van der Waals surface area contributed by atoms with Crippen molar-refractivity contribution in [3.8, 4) is 17.0 Å². The van der Waals surface area contributed by atoms with Gasteiger partial charge in [0.2, 0.25) is 0 Å². The maximum absolute atomic E-state index is 5.93. The van der Waals surface area contributed by atoms with Crippen molar-refractivity contribution in [3.63, 3.8) is 0 Å². The average Bonchev–Trinajstić information content (AvgIpc) is 3.21. The molecule has 0 aliphatic carbocycles. The number of para-hydroxylation sites is 1. The summed E-state index contributed by atoms with van der Waals surface area (Å²) in [5.41, 5.74) is 5.47. The molecule has 1 N–H and O–H groups in total. The van der Waals surface area contributed by atoms with E-state index in [4.69, 9.17) is 9.72 Å². The van der Waals surface area contributed by atoms with E-state index >= 15 is 0 Å². The second-order valence-electron chi connectivity index (χ2n) is 5.78. The summed E-state index contributed by atoms with van der Waals surface area (Å²) in [7, 11) is 0. The molecule has 0 bridgehead atoms. The molecule has 4 aromatic rings. The number of nitrogens with one attached hydrogen (secondary N) is 1. The minimum absolute atomic E-state index is 0.726. The molecule has 0 unspecified atom stereocenters. The number of rotatable bonds is 1. The average molecular weight is 365 g/mol. The topological polar surface area (TPSA) is 37.9 Å². The van der Waals surface area contributed by atoms with E-state index in [1.807, 2.05) is 30.5 Å². The molecule has 112 valence electrons. The zero-order valence-corrected chi connectivity index (χ0v) is 13.9. The zero-order valence-electron chi connectivity index (χ0n) is 12.3. The van der Waals surface area contributed by atoms with Gasteiger partial charge in [0.15, 0.2) is 0 Å². The Morgan fingerprint density at radius 3 is 2.96 bits per heavy atom. The fraction of sp³-hybridized carbons (Fsp3) is 0.105. The zero-order chi connectivity index (χ0) is 15.4. The molecule has 0 amide bonds. The third kappa shape index (κ3) is 1.91. The molecule has 23 heavy (non-hydrogen) atoms. The molecule has 0 saturated heterocycles. The molecule has 0 radical (unpaired) electrons. The number of hydrogen-bond acceptors (Lipinski definition) is 2. The summed E-state index contributed by atoms with van der Waals surface area (Å²) in [6.45, 7) is 0.726. The summed E-state index contributed by atoms with van der Waals surface area (Å²) in [6, 6.07) is 14.5. The minimum atomic E-state index is 0.726. The Morgan fingerprint density at radius 2 is 2.00 bits per heavy atom. The van der Waals surface area contributed by atoms with E-state index < -0.39 is 0 Å². The Bertz CT molecular complexity index is 1070. The van der Waals surface area contributed by atoms with Gasteiger partial charge in [-0.25, -0.2) is 4.98 Å². The highest BCUT2D eigenvalue weighted by molar-refractivity contribution is 9.10. The van der Waals surface area contributed by atoms with Crippen LogP contribution in [0.15, 0.2) is 53.1 Å². The number of benzene rings is 2. The SMILES string of the molecule is Brc1ccc2[nH]cc(-c3nc4ccccc4c4c3CCO4)c2c1. The van der Waals surface area contributed by atoms with Gasteiger partial charge in [-0.3, -0.25) is 0 Å². The first-order valence-corrected chi connectivity index (χ1v) is 8.42. The first-order chi connectivity index (χ1) is 11.3. The molecule has 2 aromatic carbocycles. The fourth-order valence-electron chi connectivity index (χ4n) is 3.38. The Balaban J connectivity index is 1.88. The van der Waals surface area contributed by atoms with Gasteiger partial charge in [-0.15, -0.1) is 0 Å². The number of hydrogen-bond donors (Lipinski definition) is 1. The quantitative estimate of drug-likeness (QED) is 0.511. The Kier molecular flexibility index (Phi) is 2.76. The van der Waals surface area contributed by atoms with E-state index in [1.54, 1.807) is 0 Å². The lowest BCUT2D eigenvalue weighted by Crippen LogP contribution is -1.92. The number of nitrogens with zero attached hydrogens (tertiary/aromatic N) is 1. The van der Waals surface area contributed by atoms with E-state index in [9.17, 15) is 0 Å². The van der Waals surface area contributed by atoms with E-state index in [1.165, 1.54) is 10.9 Å². The smallest absolute Gasteiger partial charge is 0.134 e. The van der Waals surface area contributed by atoms with Crippen molar-refractivity contribution < 1.29 is 4.74 Å². The lowest BCUT2D eigenvalue weighted by atomic mass is 10.0. The molecule has 0 spiro atoms. The van der Waals surface area contributed by atoms with Crippen LogP contribution in [0.25, 0.3) is 33.1 Å². The summed E-state index contributed by atoms with van der Waals surface area (Å²) in [5.74, 6) is 0.995.